The van der Waals surface area contributed by atoms with Gasteiger partial charge in [-0.15, -0.1) is 0 Å². The van der Waals surface area contributed by atoms with Crippen LogP contribution in [-0.4, -0.2) is 50.9 Å². The number of hydrogen-bond acceptors (Lipinski definition) is 3. The van der Waals surface area contributed by atoms with Crippen molar-refractivity contribution >= 4 is 11.4 Å². The molecule has 0 bridgehead atoms. The number of anilines is 2. The van der Waals surface area contributed by atoms with Gasteiger partial charge in [0.15, 0.2) is 0 Å². The van der Waals surface area contributed by atoms with Gasteiger partial charge in [0.05, 0.1) is 38.9 Å². The van der Waals surface area contributed by atoms with Crippen LogP contribution in [0, 0.1) is 0 Å². The van der Waals surface area contributed by atoms with Crippen molar-refractivity contribution in [2.24, 2.45) is 0 Å². The van der Waals surface area contributed by atoms with Crippen LogP contribution >= 0.6 is 0 Å². The summed E-state index contributed by atoms with van der Waals surface area (Å²) in [4.78, 5) is 2.46. The number of ether oxygens (including phenoxy) is 1. The molecule has 4 heteroatoms. The van der Waals surface area contributed by atoms with E-state index in [0.717, 1.165) is 31.1 Å². The monoisotopic (exact) mass is 332 g/mol. The van der Waals surface area contributed by atoms with Crippen LogP contribution in [0.3, 0.4) is 0 Å². The molecule has 0 atom stereocenters. The van der Waals surface area contributed by atoms with Gasteiger partial charge in [-0.3, -0.25) is 0 Å². The normalized spacial score (nSPS) is 19.6. The van der Waals surface area contributed by atoms with Gasteiger partial charge in [0, 0.05) is 18.3 Å². The van der Waals surface area contributed by atoms with Gasteiger partial charge in [0.2, 0.25) is 0 Å². The molecule has 0 aliphatic carbocycles. The molecule has 0 aromatic heterocycles. The summed E-state index contributed by atoms with van der Waals surface area (Å²) in [5.74, 6) is 0.948. The third-order valence-corrected chi connectivity index (χ3v) is 5.72. The van der Waals surface area contributed by atoms with Crippen molar-refractivity contribution in [3.8, 4) is 5.75 Å². The second kappa shape index (κ2) is 8.11. The summed E-state index contributed by atoms with van der Waals surface area (Å²) in [6.07, 6.45) is 9.66. The fourth-order valence-electron chi connectivity index (χ4n) is 4.18. The first-order chi connectivity index (χ1) is 11.7. The highest BCUT2D eigenvalue weighted by atomic mass is 16.5. The van der Waals surface area contributed by atoms with Gasteiger partial charge in [0.1, 0.15) is 12.4 Å². The summed E-state index contributed by atoms with van der Waals surface area (Å²) < 4.78 is 7.05. The summed E-state index contributed by atoms with van der Waals surface area (Å²) in [6.45, 7) is 7.06. The quantitative estimate of drug-likeness (QED) is 0.470. The van der Waals surface area contributed by atoms with Crippen LogP contribution in [0.25, 0.3) is 0 Å². The van der Waals surface area contributed by atoms with Crippen molar-refractivity contribution in [1.82, 2.24) is 0 Å². The Hall–Kier alpha value is -1.42. The zero-order valence-electron chi connectivity index (χ0n) is 15.3. The lowest BCUT2D eigenvalue weighted by Gasteiger charge is -2.38. The number of nitrogen functional groups attached to an aromatic ring is 1. The van der Waals surface area contributed by atoms with Gasteiger partial charge in [-0.1, -0.05) is 6.42 Å². The molecule has 3 rings (SSSR count). The molecule has 0 radical (unpaired) electrons. The average molecular weight is 333 g/mol. The highest BCUT2D eigenvalue weighted by Crippen LogP contribution is 2.33. The Balaban J connectivity index is 1.36. The summed E-state index contributed by atoms with van der Waals surface area (Å²) in [5, 5.41) is 0. The molecule has 2 heterocycles. The summed E-state index contributed by atoms with van der Waals surface area (Å²) in [5.41, 5.74) is 7.85. The van der Waals surface area contributed by atoms with Crippen LogP contribution in [0.2, 0.25) is 0 Å². The number of piperidine rings is 1. The summed E-state index contributed by atoms with van der Waals surface area (Å²) >= 11 is 0. The number of nitrogens with zero attached hydrogens (tertiary/aromatic N) is 2. The van der Waals surface area contributed by atoms with Crippen molar-refractivity contribution in [3.05, 3.63) is 18.2 Å². The summed E-state index contributed by atoms with van der Waals surface area (Å²) in [6, 6.07) is 6.03. The van der Waals surface area contributed by atoms with E-state index in [4.69, 9.17) is 10.5 Å². The Labute approximate surface area is 147 Å². The fourth-order valence-corrected chi connectivity index (χ4v) is 4.18. The second-order valence-corrected chi connectivity index (χ2v) is 7.83. The third kappa shape index (κ3) is 4.56. The fraction of sp³-hybridized carbons (Fsp3) is 0.700. The van der Waals surface area contributed by atoms with E-state index in [0.29, 0.717) is 0 Å². The van der Waals surface area contributed by atoms with Crippen molar-refractivity contribution in [2.45, 2.75) is 44.9 Å². The van der Waals surface area contributed by atoms with E-state index in [9.17, 15) is 0 Å². The third-order valence-electron chi connectivity index (χ3n) is 5.72. The number of likely N-dealkylation sites (tertiary alicyclic amines) is 1. The predicted octanol–water partition coefficient (Wildman–Crippen LogP) is 3.66. The van der Waals surface area contributed by atoms with E-state index >= 15 is 0 Å². The van der Waals surface area contributed by atoms with E-state index < -0.39 is 0 Å². The number of fused-ring (bicyclic) bond motifs is 1. The van der Waals surface area contributed by atoms with E-state index in [-0.39, 0.29) is 0 Å². The second-order valence-electron chi connectivity index (χ2n) is 7.83. The van der Waals surface area contributed by atoms with Gasteiger partial charge in [-0.25, -0.2) is 0 Å². The molecular weight excluding hydrogens is 298 g/mol. The smallest absolute Gasteiger partial charge is 0.144 e. The minimum absolute atomic E-state index is 0.770. The van der Waals surface area contributed by atoms with Gasteiger partial charge < -0.3 is 19.9 Å². The number of nitrogens with two attached hydrogens (primary N) is 1. The molecule has 0 spiro atoms. The lowest BCUT2D eigenvalue weighted by atomic mass is 10.1. The molecule has 134 valence electrons. The van der Waals surface area contributed by atoms with E-state index in [2.05, 4.69) is 18.0 Å². The molecule has 1 aromatic carbocycles. The molecule has 4 nitrogen and oxygen atoms in total. The molecule has 1 fully saturated rings. The first-order valence-electron chi connectivity index (χ1n) is 9.77. The maximum absolute atomic E-state index is 5.85. The maximum atomic E-state index is 5.85. The molecule has 2 aliphatic rings. The van der Waals surface area contributed by atoms with Gasteiger partial charge in [0.25, 0.3) is 0 Å². The topological polar surface area (TPSA) is 38.5 Å². The Morgan fingerprint density at radius 3 is 2.71 bits per heavy atom. The zero-order chi connectivity index (χ0) is 16.8. The lowest BCUT2D eigenvalue weighted by Crippen LogP contribution is -2.48. The standard InChI is InChI=1S/C20H34N3O/c1-23(14-7-4-8-15-23)13-6-3-2-5-11-22-12-16-24-20-17-18(21)9-10-19(20)22/h9-10,17H,2-8,11-16,21H2,1H3/q+1. The minimum Gasteiger partial charge on any atom is -0.489 e. The first kappa shape index (κ1) is 17.4. The molecule has 1 saturated heterocycles. The summed E-state index contributed by atoms with van der Waals surface area (Å²) in [7, 11) is 2.45. The van der Waals surface area contributed by atoms with Crippen LogP contribution in [0.1, 0.15) is 44.9 Å². The molecule has 1 aromatic rings. The molecule has 2 aliphatic heterocycles. The van der Waals surface area contributed by atoms with Crippen LogP contribution in [0.15, 0.2) is 18.2 Å². The van der Waals surface area contributed by atoms with Crippen molar-refractivity contribution < 1.29 is 9.22 Å². The SMILES string of the molecule is C[N+]1(CCCCCCN2CCOc3cc(N)ccc32)CCCCC1. The number of hydrogen-bond donors (Lipinski definition) is 1. The van der Waals surface area contributed by atoms with Crippen molar-refractivity contribution in [2.75, 3.05) is 57.0 Å². The molecule has 2 N–H and O–H groups in total. The highest BCUT2D eigenvalue weighted by molar-refractivity contribution is 5.64. The predicted molar refractivity (Wildman–Crippen MR) is 102 cm³/mol. The minimum atomic E-state index is 0.770. The molecule has 24 heavy (non-hydrogen) atoms. The Bertz CT molecular complexity index is 526. The Morgan fingerprint density at radius 1 is 1.08 bits per heavy atom. The van der Waals surface area contributed by atoms with Crippen LogP contribution < -0.4 is 15.4 Å². The van der Waals surface area contributed by atoms with Gasteiger partial charge >= 0.3 is 0 Å². The van der Waals surface area contributed by atoms with E-state index in [1.165, 1.54) is 74.8 Å². The van der Waals surface area contributed by atoms with Crippen LogP contribution in [-0.2, 0) is 0 Å². The largest absolute Gasteiger partial charge is 0.489 e. The lowest BCUT2D eigenvalue weighted by molar-refractivity contribution is -0.914. The average Bonchev–Trinajstić information content (AvgIpc) is 2.58. The molecule has 0 amide bonds. The number of quaternary nitrogens is 1. The molecule has 0 saturated carbocycles. The first-order valence-corrected chi connectivity index (χ1v) is 9.77. The van der Waals surface area contributed by atoms with Crippen molar-refractivity contribution in [1.29, 1.82) is 0 Å². The van der Waals surface area contributed by atoms with E-state index in [1.54, 1.807) is 0 Å². The highest BCUT2D eigenvalue weighted by Gasteiger charge is 2.23. The Kier molecular flexibility index (Phi) is 5.88. The maximum Gasteiger partial charge on any atom is 0.144 e. The van der Waals surface area contributed by atoms with E-state index in [1.807, 2.05) is 12.1 Å². The Morgan fingerprint density at radius 2 is 1.88 bits per heavy atom. The number of unbranched alkanes of at least 4 members (excludes halogenated alkanes) is 3. The van der Waals surface area contributed by atoms with Crippen LogP contribution in [0.4, 0.5) is 11.4 Å². The van der Waals surface area contributed by atoms with Gasteiger partial charge in [-0.05, 0) is 50.7 Å². The van der Waals surface area contributed by atoms with Crippen molar-refractivity contribution in [3.63, 3.8) is 0 Å². The number of benzene rings is 1. The molecule has 0 unspecified atom stereocenters. The molecular formula is C20H34N3O+. The number of rotatable bonds is 7. The van der Waals surface area contributed by atoms with Crippen LogP contribution in [0.5, 0.6) is 5.75 Å². The zero-order valence-corrected chi connectivity index (χ0v) is 15.3. The van der Waals surface area contributed by atoms with Gasteiger partial charge in [-0.2, -0.15) is 0 Å².